The number of nitrogens with two attached hydrogens (primary N) is 1. The molecule has 1 aromatic rings. The minimum atomic E-state index is -0.392. The highest BCUT2D eigenvalue weighted by Gasteiger charge is 2.53. The Bertz CT molecular complexity index is 551. The largest absolute Gasteiger partial charge is 0.369 e. The Morgan fingerprint density at radius 1 is 1.25 bits per heavy atom. The third kappa shape index (κ3) is 2.18. The molecule has 4 nitrogen and oxygen atoms in total. The Balaban J connectivity index is 1.77. The lowest BCUT2D eigenvalue weighted by molar-refractivity contribution is -0.133. The summed E-state index contributed by atoms with van der Waals surface area (Å²) in [6, 6.07) is 7.49. The predicted octanol–water partition coefficient (Wildman–Crippen LogP) is 1.71. The zero-order valence-corrected chi connectivity index (χ0v) is 11.9. The van der Waals surface area contributed by atoms with Crippen molar-refractivity contribution in [2.45, 2.75) is 24.7 Å². The molecule has 1 saturated heterocycles. The molecular formula is C15H17ClN2O2. The van der Waals surface area contributed by atoms with Crippen LogP contribution in [0.1, 0.15) is 24.8 Å². The van der Waals surface area contributed by atoms with E-state index in [0.717, 1.165) is 18.4 Å². The smallest absolute Gasteiger partial charge is 0.233 e. The second-order valence-corrected chi connectivity index (χ2v) is 6.16. The molecule has 2 amide bonds. The third-order valence-electron chi connectivity index (χ3n) is 4.43. The number of likely N-dealkylation sites (tertiary alicyclic amines) is 1. The van der Waals surface area contributed by atoms with Gasteiger partial charge >= 0.3 is 0 Å². The molecule has 0 unspecified atom stereocenters. The molecule has 5 heteroatoms. The average molecular weight is 293 g/mol. The highest BCUT2D eigenvalue weighted by molar-refractivity contribution is 6.30. The first-order chi connectivity index (χ1) is 9.53. The lowest BCUT2D eigenvalue weighted by Crippen LogP contribution is -2.38. The van der Waals surface area contributed by atoms with E-state index in [1.807, 2.05) is 24.3 Å². The van der Waals surface area contributed by atoms with Crippen LogP contribution < -0.4 is 5.73 Å². The van der Waals surface area contributed by atoms with Gasteiger partial charge in [0.25, 0.3) is 0 Å². The Hall–Kier alpha value is -1.55. The van der Waals surface area contributed by atoms with Crippen LogP contribution in [0, 0.1) is 5.92 Å². The molecule has 2 fully saturated rings. The van der Waals surface area contributed by atoms with Crippen molar-refractivity contribution in [2.24, 2.45) is 11.7 Å². The number of rotatable bonds is 3. The fourth-order valence-electron chi connectivity index (χ4n) is 3.00. The van der Waals surface area contributed by atoms with Gasteiger partial charge in [-0.05, 0) is 37.0 Å². The first-order valence-corrected chi connectivity index (χ1v) is 7.25. The highest BCUT2D eigenvalue weighted by Crippen LogP contribution is 2.50. The van der Waals surface area contributed by atoms with Crippen molar-refractivity contribution in [3.05, 3.63) is 34.9 Å². The molecule has 0 spiro atoms. The number of carbonyl (C=O) groups excluding carboxylic acids is 2. The lowest BCUT2D eigenvalue weighted by Gasteiger charge is -2.23. The molecule has 2 aliphatic rings. The number of amides is 2. The Labute approximate surface area is 122 Å². The summed E-state index contributed by atoms with van der Waals surface area (Å²) in [7, 11) is 0. The number of halogens is 1. The van der Waals surface area contributed by atoms with E-state index >= 15 is 0 Å². The van der Waals surface area contributed by atoms with Gasteiger partial charge in [-0.3, -0.25) is 9.59 Å². The number of hydrogen-bond acceptors (Lipinski definition) is 2. The van der Waals surface area contributed by atoms with Crippen LogP contribution in [0.25, 0.3) is 0 Å². The molecule has 1 aliphatic carbocycles. The van der Waals surface area contributed by atoms with Crippen LogP contribution in [0.5, 0.6) is 0 Å². The molecule has 1 atom stereocenters. The van der Waals surface area contributed by atoms with E-state index in [0.29, 0.717) is 24.5 Å². The quantitative estimate of drug-likeness (QED) is 0.922. The lowest BCUT2D eigenvalue weighted by atomic mass is 9.94. The minimum absolute atomic E-state index is 0.128. The van der Waals surface area contributed by atoms with Gasteiger partial charge in [-0.2, -0.15) is 0 Å². The number of carbonyl (C=O) groups is 2. The van der Waals surface area contributed by atoms with Crippen LogP contribution in [0.4, 0.5) is 0 Å². The molecule has 0 bridgehead atoms. The van der Waals surface area contributed by atoms with Crippen molar-refractivity contribution in [1.82, 2.24) is 4.90 Å². The van der Waals surface area contributed by atoms with Gasteiger partial charge in [0.05, 0.1) is 11.3 Å². The molecule has 106 valence electrons. The summed E-state index contributed by atoms with van der Waals surface area (Å²) >= 11 is 5.90. The topological polar surface area (TPSA) is 63.4 Å². The van der Waals surface area contributed by atoms with Crippen molar-refractivity contribution in [2.75, 3.05) is 13.1 Å². The van der Waals surface area contributed by atoms with E-state index in [2.05, 4.69) is 0 Å². The molecule has 1 saturated carbocycles. The van der Waals surface area contributed by atoms with Gasteiger partial charge in [0, 0.05) is 18.1 Å². The molecule has 2 N–H and O–H groups in total. The molecule has 20 heavy (non-hydrogen) atoms. The fraction of sp³-hybridized carbons (Fsp3) is 0.467. The highest BCUT2D eigenvalue weighted by atomic mass is 35.5. The summed E-state index contributed by atoms with van der Waals surface area (Å²) in [5.74, 6) is -0.375. The van der Waals surface area contributed by atoms with E-state index in [1.54, 1.807) is 4.90 Å². The molecule has 0 aromatic heterocycles. The van der Waals surface area contributed by atoms with E-state index < -0.39 is 5.41 Å². The summed E-state index contributed by atoms with van der Waals surface area (Å²) in [6.45, 7) is 1.09. The summed E-state index contributed by atoms with van der Waals surface area (Å²) in [4.78, 5) is 25.7. The predicted molar refractivity (Wildman–Crippen MR) is 76.2 cm³/mol. The van der Waals surface area contributed by atoms with Crippen LogP contribution >= 0.6 is 11.6 Å². The molecule has 1 heterocycles. The summed E-state index contributed by atoms with van der Waals surface area (Å²) in [6.07, 6.45) is 2.41. The number of primary amides is 1. The van der Waals surface area contributed by atoms with Gasteiger partial charge < -0.3 is 10.6 Å². The maximum atomic E-state index is 12.7. The van der Waals surface area contributed by atoms with Gasteiger partial charge in [-0.25, -0.2) is 0 Å². The second kappa shape index (κ2) is 4.77. The SMILES string of the molecule is NC(=O)[C@H]1CCN(C(=O)C2(c3ccc(Cl)cc3)CC2)C1. The monoisotopic (exact) mass is 292 g/mol. The van der Waals surface area contributed by atoms with Gasteiger partial charge in [0.1, 0.15) is 0 Å². The normalized spacial score (nSPS) is 23.6. The van der Waals surface area contributed by atoms with Gasteiger partial charge in [0.2, 0.25) is 11.8 Å². The van der Waals surface area contributed by atoms with E-state index in [-0.39, 0.29) is 17.7 Å². The maximum absolute atomic E-state index is 12.7. The van der Waals surface area contributed by atoms with E-state index in [4.69, 9.17) is 17.3 Å². The summed E-state index contributed by atoms with van der Waals surface area (Å²) in [5, 5.41) is 0.673. The first-order valence-electron chi connectivity index (χ1n) is 6.88. The Kier molecular flexibility index (Phi) is 3.21. The zero-order valence-electron chi connectivity index (χ0n) is 11.1. The van der Waals surface area contributed by atoms with Crippen LogP contribution in [-0.4, -0.2) is 29.8 Å². The molecular weight excluding hydrogens is 276 g/mol. The Morgan fingerprint density at radius 2 is 1.90 bits per heavy atom. The van der Waals surface area contributed by atoms with Crippen molar-refractivity contribution in [1.29, 1.82) is 0 Å². The van der Waals surface area contributed by atoms with Crippen LogP contribution in [-0.2, 0) is 15.0 Å². The minimum Gasteiger partial charge on any atom is -0.369 e. The van der Waals surface area contributed by atoms with Crippen LogP contribution in [0.3, 0.4) is 0 Å². The number of benzene rings is 1. The van der Waals surface area contributed by atoms with Crippen molar-refractivity contribution >= 4 is 23.4 Å². The second-order valence-electron chi connectivity index (χ2n) is 5.73. The van der Waals surface area contributed by atoms with Gasteiger partial charge in [0.15, 0.2) is 0 Å². The molecule has 3 rings (SSSR count). The third-order valence-corrected chi connectivity index (χ3v) is 4.69. The average Bonchev–Trinajstić information content (AvgIpc) is 3.08. The molecule has 1 aliphatic heterocycles. The van der Waals surface area contributed by atoms with Gasteiger partial charge in [-0.1, -0.05) is 23.7 Å². The summed E-state index contributed by atoms with van der Waals surface area (Å²) < 4.78 is 0. The first kappa shape index (κ1) is 13.4. The van der Waals surface area contributed by atoms with E-state index in [9.17, 15) is 9.59 Å². The number of nitrogens with zero attached hydrogens (tertiary/aromatic N) is 1. The zero-order chi connectivity index (χ0) is 14.3. The fourth-order valence-corrected chi connectivity index (χ4v) is 3.13. The standard InChI is InChI=1S/C15H17ClN2O2/c16-12-3-1-11(2-4-12)15(6-7-15)14(20)18-8-5-10(9-18)13(17)19/h1-4,10H,5-9H2,(H2,17,19)/t10-/m0/s1. The molecule has 0 radical (unpaired) electrons. The summed E-state index contributed by atoms with van der Waals surface area (Å²) in [5.41, 5.74) is 5.95. The van der Waals surface area contributed by atoms with Gasteiger partial charge in [-0.15, -0.1) is 0 Å². The van der Waals surface area contributed by atoms with Crippen LogP contribution in [0.15, 0.2) is 24.3 Å². The maximum Gasteiger partial charge on any atom is 0.233 e. The van der Waals surface area contributed by atoms with Crippen LogP contribution in [0.2, 0.25) is 5.02 Å². The Morgan fingerprint density at radius 3 is 2.40 bits per heavy atom. The number of hydrogen-bond donors (Lipinski definition) is 1. The van der Waals surface area contributed by atoms with E-state index in [1.165, 1.54) is 0 Å². The van der Waals surface area contributed by atoms with Crippen molar-refractivity contribution in [3.63, 3.8) is 0 Å². The van der Waals surface area contributed by atoms with Crippen molar-refractivity contribution < 1.29 is 9.59 Å². The molecule has 1 aromatic carbocycles. The van der Waals surface area contributed by atoms with Crippen molar-refractivity contribution in [3.8, 4) is 0 Å².